The van der Waals surface area contributed by atoms with Gasteiger partial charge in [0.2, 0.25) is 0 Å². The number of non-ortho nitro benzene ring substituents is 1. The summed E-state index contributed by atoms with van der Waals surface area (Å²) < 4.78 is 0. The lowest BCUT2D eigenvalue weighted by Gasteiger charge is -2.13. The van der Waals surface area contributed by atoms with E-state index in [4.69, 9.17) is 0 Å². The van der Waals surface area contributed by atoms with E-state index in [1.54, 1.807) is 6.07 Å². The highest BCUT2D eigenvalue weighted by Crippen LogP contribution is 2.15. The van der Waals surface area contributed by atoms with Gasteiger partial charge in [-0.3, -0.25) is 19.8 Å². The van der Waals surface area contributed by atoms with E-state index in [1.165, 1.54) is 18.2 Å². The van der Waals surface area contributed by atoms with Crippen molar-refractivity contribution in [3.63, 3.8) is 0 Å². The first kappa shape index (κ1) is 12.7. The minimum Gasteiger partial charge on any atom is -0.392 e. The SMILES string of the molecule is O=C(CN1CCC(O)C1)c1cccc([N+](=O)[O-])c1. The average molecular weight is 250 g/mol. The van der Waals surface area contributed by atoms with Gasteiger partial charge < -0.3 is 5.11 Å². The number of hydrogen-bond acceptors (Lipinski definition) is 5. The van der Waals surface area contributed by atoms with Gasteiger partial charge in [0.05, 0.1) is 17.6 Å². The van der Waals surface area contributed by atoms with Crippen LogP contribution in [0.15, 0.2) is 24.3 Å². The van der Waals surface area contributed by atoms with Crippen LogP contribution in [0.2, 0.25) is 0 Å². The van der Waals surface area contributed by atoms with Gasteiger partial charge in [0.1, 0.15) is 0 Å². The third-order valence-electron chi connectivity index (χ3n) is 2.99. The number of nitrogens with zero attached hydrogens (tertiary/aromatic N) is 2. The molecular formula is C12H14N2O4. The zero-order chi connectivity index (χ0) is 13.1. The second kappa shape index (κ2) is 5.24. The normalized spacial score (nSPS) is 19.9. The molecule has 2 rings (SSSR count). The van der Waals surface area contributed by atoms with Crippen LogP contribution in [0.5, 0.6) is 0 Å². The van der Waals surface area contributed by atoms with Crippen LogP contribution in [0.25, 0.3) is 0 Å². The highest BCUT2D eigenvalue weighted by Gasteiger charge is 2.22. The van der Waals surface area contributed by atoms with Gasteiger partial charge in [-0.2, -0.15) is 0 Å². The minimum absolute atomic E-state index is 0.0812. The molecule has 1 fully saturated rings. The van der Waals surface area contributed by atoms with E-state index >= 15 is 0 Å². The van der Waals surface area contributed by atoms with Crippen molar-refractivity contribution in [2.45, 2.75) is 12.5 Å². The maximum absolute atomic E-state index is 11.9. The Morgan fingerprint density at radius 1 is 1.56 bits per heavy atom. The average Bonchev–Trinajstić information content (AvgIpc) is 2.75. The zero-order valence-electron chi connectivity index (χ0n) is 9.78. The Morgan fingerprint density at radius 3 is 2.94 bits per heavy atom. The van der Waals surface area contributed by atoms with Gasteiger partial charge in [0.25, 0.3) is 5.69 Å². The molecule has 18 heavy (non-hydrogen) atoms. The van der Waals surface area contributed by atoms with Crippen LogP contribution in [0.1, 0.15) is 16.8 Å². The van der Waals surface area contributed by atoms with E-state index in [1.807, 2.05) is 4.90 Å². The number of nitro groups is 1. The summed E-state index contributed by atoms with van der Waals surface area (Å²) in [6, 6.07) is 5.72. The first-order valence-electron chi connectivity index (χ1n) is 5.74. The number of carbonyl (C=O) groups excluding carboxylic acids is 1. The number of hydrogen-bond donors (Lipinski definition) is 1. The Kier molecular flexibility index (Phi) is 3.69. The lowest BCUT2D eigenvalue weighted by Crippen LogP contribution is -2.28. The van der Waals surface area contributed by atoms with Crippen LogP contribution in [0.3, 0.4) is 0 Å². The summed E-state index contributed by atoms with van der Waals surface area (Å²) in [5.74, 6) is -0.159. The molecule has 1 aromatic carbocycles. The maximum atomic E-state index is 11.9. The summed E-state index contributed by atoms with van der Waals surface area (Å²) in [6.45, 7) is 1.36. The molecule has 0 aliphatic carbocycles. The number of rotatable bonds is 4. The summed E-state index contributed by atoms with van der Waals surface area (Å²) >= 11 is 0. The summed E-state index contributed by atoms with van der Waals surface area (Å²) in [5, 5.41) is 20.0. The minimum atomic E-state index is -0.517. The molecule has 96 valence electrons. The van der Waals surface area contributed by atoms with Gasteiger partial charge in [-0.1, -0.05) is 12.1 Å². The van der Waals surface area contributed by atoms with Crippen LogP contribution in [0, 0.1) is 10.1 Å². The first-order valence-corrected chi connectivity index (χ1v) is 5.74. The van der Waals surface area contributed by atoms with Gasteiger partial charge in [-0.15, -0.1) is 0 Å². The molecule has 6 heteroatoms. The standard InChI is InChI=1S/C12H14N2O4/c15-11-4-5-13(7-11)8-12(16)9-2-1-3-10(6-9)14(17)18/h1-3,6,11,15H,4-5,7-8H2. The zero-order valence-corrected chi connectivity index (χ0v) is 9.78. The van der Waals surface area contributed by atoms with Crippen molar-refractivity contribution in [3.8, 4) is 0 Å². The number of carbonyl (C=O) groups is 1. The fourth-order valence-electron chi connectivity index (χ4n) is 2.04. The fraction of sp³-hybridized carbons (Fsp3) is 0.417. The number of β-amino-alcohol motifs (C(OH)–C–C–N with tert-alkyl or cyclic N) is 1. The van der Waals surface area contributed by atoms with Crippen LogP contribution < -0.4 is 0 Å². The second-order valence-electron chi connectivity index (χ2n) is 4.41. The Hall–Kier alpha value is -1.79. The number of aliphatic hydroxyl groups is 1. The van der Waals surface area contributed by atoms with Crippen molar-refractivity contribution in [1.82, 2.24) is 4.90 Å². The van der Waals surface area contributed by atoms with Gasteiger partial charge >= 0.3 is 0 Å². The van der Waals surface area contributed by atoms with Crippen LogP contribution in [0.4, 0.5) is 5.69 Å². The van der Waals surface area contributed by atoms with Crippen molar-refractivity contribution in [2.24, 2.45) is 0 Å². The molecule has 0 spiro atoms. The number of aliphatic hydroxyl groups excluding tert-OH is 1. The van der Waals surface area contributed by atoms with E-state index < -0.39 is 4.92 Å². The Morgan fingerprint density at radius 2 is 2.33 bits per heavy atom. The highest BCUT2D eigenvalue weighted by atomic mass is 16.6. The molecule has 0 aromatic heterocycles. The van der Waals surface area contributed by atoms with Gasteiger partial charge in [0.15, 0.2) is 5.78 Å². The third-order valence-corrected chi connectivity index (χ3v) is 2.99. The molecular weight excluding hydrogens is 236 g/mol. The van der Waals surface area contributed by atoms with E-state index in [2.05, 4.69) is 0 Å². The van der Waals surface area contributed by atoms with Crippen molar-refractivity contribution in [1.29, 1.82) is 0 Å². The predicted molar refractivity (Wildman–Crippen MR) is 64.5 cm³/mol. The molecule has 1 N–H and O–H groups in total. The molecule has 1 unspecified atom stereocenters. The summed E-state index contributed by atoms with van der Waals surface area (Å²) in [6.07, 6.45) is 0.297. The van der Waals surface area contributed by atoms with Crippen LogP contribution >= 0.6 is 0 Å². The van der Waals surface area contributed by atoms with Gasteiger partial charge in [0, 0.05) is 30.8 Å². The van der Waals surface area contributed by atoms with Crippen molar-refractivity contribution in [3.05, 3.63) is 39.9 Å². The largest absolute Gasteiger partial charge is 0.392 e. The van der Waals surface area contributed by atoms with Crippen molar-refractivity contribution >= 4 is 11.5 Å². The Balaban J connectivity index is 2.04. The molecule has 1 heterocycles. The molecule has 1 atom stereocenters. The Labute approximate surface area is 104 Å². The number of Topliss-reactive ketones (excluding diaryl/α,β-unsaturated/α-hetero) is 1. The molecule has 6 nitrogen and oxygen atoms in total. The quantitative estimate of drug-likeness (QED) is 0.486. The molecule has 1 aromatic rings. The number of benzene rings is 1. The molecule has 0 amide bonds. The molecule has 1 aliphatic heterocycles. The number of nitro benzene ring substituents is 1. The van der Waals surface area contributed by atoms with E-state index in [0.29, 0.717) is 25.1 Å². The second-order valence-corrected chi connectivity index (χ2v) is 4.41. The fourth-order valence-corrected chi connectivity index (χ4v) is 2.04. The lowest BCUT2D eigenvalue weighted by molar-refractivity contribution is -0.384. The van der Waals surface area contributed by atoms with E-state index in [0.717, 1.165) is 0 Å². The van der Waals surface area contributed by atoms with Crippen LogP contribution in [-0.2, 0) is 0 Å². The third kappa shape index (κ3) is 2.91. The topological polar surface area (TPSA) is 83.7 Å². The summed E-state index contributed by atoms with van der Waals surface area (Å²) in [4.78, 5) is 23.9. The molecule has 1 saturated heterocycles. The molecule has 0 saturated carbocycles. The highest BCUT2D eigenvalue weighted by molar-refractivity contribution is 5.98. The van der Waals surface area contributed by atoms with E-state index in [-0.39, 0.29) is 24.1 Å². The lowest BCUT2D eigenvalue weighted by atomic mass is 10.1. The molecule has 1 aliphatic rings. The predicted octanol–water partition coefficient (Wildman–Crippen LogP) is 0.844. The smallest absolute Gasteiger partial charge is 0.270 e. The van der Waals surface area contributed by atoms with Crippen molar-refractivity contribution < 1.29 is 14.8 Å². The van der Waals surface area contributed by atoms with Gasteiger partial charge in [-0.25, -0.2) is 0 Å². The first-order chi connectivity index (χ1) is 8.56. The van der Waals surface area contributed by atoms with Crippen LogP contribution in [-0.4, -0.2) is 46.5 Å². The van der Waals surface area contributed by atoms with Gasteiger partial charge in [-0.05, 0) is 6.42 Å². The summed E-state index contributed by atoms with van der Waals surface area (Å²) in [7, 11) is 0. The molecule has 0 bridgehead atoms. The number of likely N-dealkylation sites (tertiary alicyclic amines) is 1. The van der Waals surface area contributed by atoms with E-state index in [9.17, 15) is 20.0 Å². The summed E-state index contributed by atoms with van der Waals surface area (Å²) in [5.41, 5.74) is 0.257. The molecule has 0 radical (unpaired) electrons. The Bertz CT molecular complexity index is 475. The van der Waals surface area contributed by atoms with Crippen molar-refractivity contribution in [2.75, 3.05) is 19.6 Å². The monoisotopic (exact) mass is 250 g/mol. The number of ketones is 1. The maximum Gasteiger partial charge on any atom is 0.270 e.